The number of benzene rings is 1. The van der Waals surface area contributed by atoms with Gasteiger partial charge in [0.25, 0.3) is 0 Å². The molecule has 1 unspecified atom stereocenters. The highest BCUT2D eigenvalue weighted by Gasteiger charge is 2.36. The Bertz CT molecular complexity index is 390. The van der Waals surface area contributed by atoms with E-state index >= 15 is 0 Å². The zero-order chi connectivity index (χ0) is 11.8. The van der Waals surface area contributed by atoms with Crippen molar-refractivity contribution >= 4 is 0 Å². The summed E-state index contributed by atoms with van der Waals surface area (Å²) in [5, 5.41) is 10.6. The summed E-state index contributed by atoms with van der Waals surface area (Å²) in [4.78, 5) is 0. The molecule has 16 heavy (non-hydrogen) atoms. The third-order valence-electron chi connectivity index (χ3n) is 3.45. The van der Waals surface area contributed by atoms with Gasteiger partial charge in [-0.25, -0.2) is 0 Å². The number of ether oxygens (including phenoxy) is 1. The van der Waals surface area contributed by atoms with Crippen LogP contribution in [0.4, 0.5) is 0 Å². The summed E-state index contributed by atoms with van der Waals surface area (Å²) in [5.74, 6) is 0.900. The number of para-hydroxylation sites is 1. The molecule has 3 N–H and O–H groups in total. The molecule has 0 spiro atoms. The van der Waals surface area contributed by atoms with Crippen LogP contribution >= 0.6 is 0 Å². The number of nitrogens with two attached hydrogens (primary N) is 1. The molecular formula is C13H19NO2. The Morgan fingerprint density at radius 2 is 2.25 bits per heavy atom. The summed E-state index contributed by atoms with van der Waals surface area (Å²) in [6.45, 7) is 4.86. The molecule has 1 aromatic rings. The number of hydrogen-bond acceptors (Lipinski definition) is 3. The summed E-state index contributed by atoms with van der Waals surface area (Å²) in [6.07, 6.45) is 0.919. The summed E-state index contributed by atoms with van der Waals surface area (Å²) >= 11 is 0. The van der Waals surface area contributed by atoms with Crippen molar-refractivity contribution in [2.24, 2.45) is 11.7 Å². The van der Waals surface area contributed by atoms with Gasteiger partial charge in [0, 0.05) is 18.5 Å². The molecule has 2 rings (SSSR count). The van der Waals surface area contributed by atoms with Crippen LogP contribution in [0.2, 0.25) is 0 Å². The standard InChI is InChI=1S/C13H19NO2/c1-9(2)13(15,8-14)11-5-3-4-10-6-7-16-12(10)11/h3-5,9,15H,6-8,14H2,1-2H3. The normalized spacial score (nSPS) is 18.1. The average Bonchev–Trinajstić information content (AvgIpc) is 2.75. The minimum Gasteiger partial charge on any atom is -0.493 e. The van der Waals surface area contributed by atoms with E-state index in [4.69, 9.17) is 10.5 Å². The van der Waals surface area contributed by atoms with Crippen molar-refractivity contribution in [2.45, 2.75) is 25.9 Å². The molecule has 0 radical (unpaired) electrons. The highest BCUT2D eigenvalue weighted by Crippen LogP contribution is 2.39. The van der Waals surface area contributed by atoms with Crippen molar-refractivity contribution in [2.75, 3.05) is 13.2 Å². The summed E-state index contributed by atoms with van der Waals surface area (Å²) < 4.78 is 5.61. The van der Waals surface area contributed by atoms with E-state index in [0.29, 0.717) is 6.61 Å². The molecule has 0 saturated heterocycles. The van der Waals surface area contributed by atoms with Gasteiger partial charge in [0.1, 0.15) is 11.4 Å². The highest BCUT2D eigenvalue weighted by atomic mass is 16.5. The first-order chi connectivity index (χ1) is 7.59. The predicted molar refractivity (Wildman–Crippen MR) is 63.4 cm³/mol. The molecule has 0 saturated carbocycles. The van der Waals surface area contributed by atoms with Crippen LogP contribution in [0.3, 0.4) is 0 Å². The Hall–Kier alpha value is -1.06. The molecule has 88 valence electrons. The quantitative estimate of drug-likeness (QED) is 0.811. The van der Waals surface area contributed by atoms with Crippen LogP contribution in [0.15, 0.2) is 18.2 Å². The number of rotatable bonds is 3. The zero-order valence-corrected chi connectivity index (χ0v) is 9.86. The second kappa shape index (κ2) is 4.07. The Kier molecular flexibility index (Phi) is 2.91. The lowest BCUT2D eigenvalue weighted by atomic mass is 9.82. The fourth-order valence-corrected chi connectivity index (χ4v) is 2.21. The Labute approximate surface area is 96.2 Å². The largest absolute Gasteiger partial charge is 0.493 e. The second-order valence-corrected chi connectivity index (χ2v) is 4.68. The van der Waals surface area contributed by atoms with E-state index in [1.54, 1.807) is 0 Å². The van der Waals surface area contributed by atoms with Gasteiger partial charge in [0.15, 0.2) is 0 Å². The number of aliphatic hydroxyl groups is 1. The summed E-state index contributed by atoms with van der Waals surface area (Å²) in [6, 6.07) is 5.92. The highest BCUT2D eigenvalue weighted by molar-refractivity contribution is 5.47. The monoisotopic (exact) mass is 221 g/mol. The summed E-state index contributed by atoms with van der Waals surface area (Å²) in [5.41, 5.74) is 6.74. The smallest absolute Gasteiger partial charge is 0.128 e. The predicted octanol–water partition coefficient (Wildman–Crippen LogP) is 1.42. The number of fused-ring (bicyclic) bond motifs is 1. The lowest BCUT2D eigenvalue weighted by Crippen LogP contribution is -2.40. The van der Waals surface area contributed by atoms with Gasteiger partial charge in [-0.1, -0.05) is 32.0 Å². The van der Waals surface area contributed by atoms with E-state index in [-0.39, 0.29) is 12.5 Å². The van der Waals surface area contributed by atoms with E-state index in [0.717, 1.165) is 17.7 Å². The van der Waals surface area contributed by atoms with Crippen LogP contribution in [-0.4, -0.2) is 18.3 Å². The van der Waals surface area contributed by atoms with Gasteiger partial charge in [-0.2, -0.15) is 0 Å². The fraction of sp³-hybridized carbons (Fsp3) is 0.538. The van der Waals surface area contributed by atoms with Gasteiger partial charge in [-0.3, -0.25) is 0 Å². The maximum Gasteiger partial charge on any atom is 0.128 e. The van der Waals surface area contributed by atoms with E-state index in [1.165, 1.54) is 5.56 Å². The molecule has 3 heteroatoms. The molecule has 1 aliphatic rings. The van der Waals surface area contributed by atoms with Crippen LogP contribution < -0.4 is 10.5 Å². The maximum absolute atomic E-state index is 10.6. The molecule has 3 nitrogen and oxygen atoms in total. The minimum absolute atomic E-state index is 0.0631. The third kappa shape index (κ3) is 1.60. The van der Waals surface area contributed by atoms with Crippen molar-refractivity contribution in [3.63, 3.8) is 0 Å². The van der Waals surface area contributed by atoms with Crippen LogP contribution in [0.25, 0.3) is 0 Å². The first kappa shape index (κ1) is 11.4. The first-order valence-corrected chi connectivity index (χ1v) is 5.77. The van der Waals surface area contributed by atoms with E-state index in [9.17, 15) is 5.11 Å². The fourth-order valence-electron chi connectivity index (χ4n) is 2.21. The molecule has 0 aromatic heterocycles. The second-order valence-electron chi connectivity index (χ2n) is 4.68. The molecule has 1 aliphatic heterocycles. The molecule has 1 heterocycles. The summed E-state index contributed by atoms with van der Waals surface area (Å²) in [7, 11) is 0. The van der Waals surface area contributed by atoms with Crippen LogP contribution in [-0.2, 0) is 12.0 Å². The maximum atomic E-state index is 10.6. The van der Waals surface area contributed by atoms with Crippen LogP contribution in [0.1, 0.15) is 25.0 Å². The van der Waals surface area contributed by atoms with Gasteiger partial charge in [-0.15, -0.1) is 0 Å². The van der Waals surface area contributed by atoms with Crippen molar-refractivity contribution in [1.29, 1.82) is 0 Å². The van der Waals surface area contributed by atoms with Crippen molar-refractivity contribution < 1.29 is 9.84 Å². The number of hydrogen-bond donors (Lipinski definition) is 2. The lowest BCUT2D eigenvalue weighted by Gasteiger charge is -2.32. The Balaban J connectivity index is 2.51. The SMILES string of the molecule is CC(C)C(O)(CN)c1cccc2c1OCC2. The molecule has 0 amide bonds. The van der Waals surface area contributed by atoms with Gasteiger partial charge in [0.2, 0.25) is 0 Å². The van der Waals surface area contributed by atoms with Gasteiger partial charge in [-0.05, 0) is 11.5 Å². The van der Waals surface area contributed by atoms with Crippen LogP contribution in [0, 0.1) is 5.92 Å². The Morgan fingerprint density at radius 1 is 1.50 bits per heavy atom. The van der Waals surface area contributed by atoms with E-state index < -0.39 is 5.60 Å². The van der Waals surface area contributed by atoms with E-state index in [2.05, 4.69) is 0 Å². The van der Waals surface area contributed by atoms with Gasteiger partial charge in [0.05, 0.1) is 6.61 Å². The average molecular weight is 221 g/mol. The topological polar surface area (TPSA) is 55.5 Å². The Morgan fingerprint density at radius 3 is 2.88 bits per heavy atom. The molecule has 0 fully saturated rings. The first-order valence-electron chi connectivity index (χ1n) is 5.77. The zero-order valence-electron chi connectivity index (χ0n) is 9.86. The molecule has 1 atom stereocenters. The minimum atomic E-state index is -0.990. The van der Waals surface area contributed by atoms with Crippen molar-refractivity contribution in [3.8, 4) is 5.75 Å². The van der Waals surface area contributed by atoms with Crippen LogP contribution in [0.5, 0.6) is 5.75 Å². The lowest BCUT2D eigenvalue weighted by molar-refractivity contribution is -0.00316. The van der Waals surface area contributed by atoms with Crippen molar-refractivity contribution in [3.05, 3.63) is 29.3 Å². The third-order valence-corrected chi connectivity index (χ3v) is 3.45. The molecule has 1 aromatic carbocycles. The molecule has 0 aliphatic carbocycles. The molecular weight excluding hydrogens is 202 g/mol. The van der Waals surface area contributed by atoms with Gasteiger partial charge >= 0.3 is 0 Å². The van der Waals surface area contributed by atoms with E-state index in [1.807, 2.05) is 32.0 Å². The van der Waals surface area contributed by atoms with Crippen molar-refractivity contribution in [1.82, 2.24) is 0 Å². The van der Waals surface area contributed by atoms with Gasteiger partial charge < -0.3 is 15.6 Å². The molecule has 0 bridgehead atoms.